The van der Waals surface area contributed by atoms with Crippen LogP contribution in [0.15, 0.2) is 48.5 Å². The normalized spacial score (nSPS) is 12.9. The van der Waals surface area contributed by atoms with Gasteiger partial charge in [-0.2, -0.15) is 0 Å². The van der Waals surface area contributed by atoms with E-state index in [4.69, 9.17) is 9.47 Å². The maximum absolute atomic E-state index is 12.5. The largest absolute Gasteiger partial charge is 0.488 e. The first-order valence-electron chi connectivity index (χ1n) is 12.0. The third-order valence-corrected chi connectivity index (χ3v) is 5.49. The summed E-state index contributed by atoms with van der Waals surface area (Å²) in [5, 5.41) is 17.9. The molecule has 0 spiro atoms. The number of hydrogen-bond donors (Lipinski definition) is 4. The number of amides is 3. The average Bonchev–Trinajstić information content (AvgIpc) is 2.89. The quantitative estimate of drug-likeness (QED) is 0.348. The molecule has 2 aromatic carbocycles. The second-order valence-electron chi connectivity index (χ2n) is 8.30. The van der Waals surface area contributed by atoms with Crippen molar-refractivity contribution in [2.24, 2.45) is 0 Å². The molecule has 1 fully saturated rings. The molecule has 1 aromatic heterocycles. The molecule has 0 bridgehead atoms. The Morgan fingerprint density at radius 3 is 2.26 bits per heavy atom. The Balaban J connectivity index is 1.53. The summed E-state index contributed by atoms with van der Waals surface area (Å²) in [4.78, 5) is 46.6. The Kier molecular flexibility index (Phi) is 8.34. The predicted octanol–water partition coefficient (Wildman–Crippen LogP) is 3.68. The molecule has 0 unspecified atom stereocenters. The zero-order valence-electron chi connectivity index (χ0n) is 21.0. The van der Waals surface area contributed by atoms with Crippen LogP contribution in [0.4, 0.5) is 27.7 Å². The summed E-state index contributed by atoms with van der Waals surface area (Å²) in [7, 11) is 0. The summed E-state index contributed by atoms with van der Waals surface area (Å²) < 4.78 is 11.1. The molecule has 198 valence electrons. The maximum atomic E-state index is 12.5. The number of aromatic carboxylic acids is 1. The Morgan fingerprint density at radius 1 is 0.974 bits per heavy atom. The fourth-order valence-electron chi connectivity index (χ4n) is 3.85. The van der Waals surface area contributed by atoms with Gasteiger partial charge in [0.1, 0.15) is 0 Å². The zero-order valence-corrected chi connectivity index (χ0v) is 21.0. The topological polar surface area (TPSA) is 155 Å². The van der Waals surface area contributed by atoms with Crippen LogP contribution in [0, 0.1) is 0 Å². The summed E-state index contributed by atoms with van der Waals surface area (Å²) in [5.41, 5.74) is 1.92. The highest BCUT2D eigenvalue weighted by Gasteiger charge is 2.26. The molecule has 4 N–H and O–H groups in total. The van der Waals surface area contributed by atoms with Crippen molar-refractivity contribution in [3.05, 3.63) is 54.2 Å². The molecule has 2 heterocycles. The molecule has 3 aromatic rings. The lowest BCUT2D eigenvalue weighted by molar-refractivity contribution is -0.114. The van der Waals surface area contributed by atoms with E-state index in [0.29, 0.717) is 54.7 Å². The fourth-order valence-corrected chi connectivity index (χ4v) is 3.85. The van der Waals surface area contributed by atoms with Gasteiger partial charge in [-0.05, 0) is 49.4 Å². The number of ether oxygens (including phenoxy) is 2. The average molecular weight is 521 g/mol. The van der Waals surface area contributed by atoms with E-state index >= 15 is 0 Å². The van der Waals surface area contributed by atoms with Crippen molar-refractivity contribution in [1.82, 2.24) is 9.97 Å². The molecule has 0 atom stereocenters. The molecule has 38 heavy (non-hydrogen) atoms. The first kappa shape index (κ1) is 26.4. The van der Waals surface area contributed by atoms with Gasteiger partial charge >= 0.3 is 12.0 Å². The van der Waals surface area contributed by atoms with Crippen LogP contribution < -0.4 is 25.6 Å². The number of benzene rings is 2. The predicted molar refractivity (Wildman–Crippen MR) is 142 cm³/mol. The third-order valence-electron chi connectivity index (χ3n) is 5.49. The first-order chi connectivity index (χ1) is 18.3. The summed E-state index contributed by atoms with van der Waals surface area (Å²) in [6.07, 6.45) is 0. The number of aromatic nitrogens is 2. The van der Waals surface area contributed by atoms with Gasteiger partial charge in [-0.3, -0.25) is 4.79 Å². The van der Waals surface area contributed by atoms with Gasteiger partial charge in [-0.15, -0.1) is 0 Å². The lowest BCUT2D eigenvalue weighted by atomic mass is 10.2. The molecule has 1 saturated heterocycles. The Morgan fingerprint density at radius 2 is 1.63 bits per heavy atom. The van der Waals surface area contributed by atoms with E-state index in [1.165, 1.54) is 6.92 Å². The van der Waals surface area contributed by atoms with E-state index in [-0.39, 0.29) is 29.8 Å². The number of carbonyl (C=O) groups is 3. The zero-order chi connectivity index (χ0) is 27.1. The molecule has 1 aliphatic heterocycles. The lowest BCUT2D eigenvalue weighted by Gasteiger charge is -2.29. The molecule has 0 aliphatic carbocycles. The second-order valence-corrected chi connectivity index (χ2v) is 8.30. The fraction of sp³-hybridized carbons (Fsp3) is 0.269. The van der Waals surface area contributed by atoms with Crippen LogP contribution >= 0.6 is 0 Å². The van der Waals surface area contributed by atoms with Gasteiger partial charge in [0.25, 0.3) is 0 Å². The number of anilines is 4. The van der Waals surface area contributed by atoms with Crippen LogP contribution in [-0.2, 0) is 9.53 Å². The van der Waals surface area contributed by atoms with Crippen LogP contribution in [0.2, 0.25) is 0 Å². The molecule has 12 nitrogen and oxygen atoms in total. The van der Waals surface area contributed by atoms with Gasteiger partial charge < -0.3 is 35.4 Å². The van der Waals surface area contributed by atoms with E-state index in [9.17, 15) is 19.5 Å². The van der Waals surface area contributed by atoms with Gasteiger partial charge in [0.2, 0.25) is 5.91 Å². The van der Waals surface area contributed by atoms with Gasteiger partial charge in [0.05, 0.1) is 19.8 Å². The number of rotatable bonds is 8. The summed E-state index contributed by atoms with van der Waals surface area (Å²) >= 11 is 0. The van der Waals surface area contributed by atoms with Gasteiger partial charge in [-0.25, -0.2) is 19.6 Å². The number of urea groups is 1. The minimum Gasteiger partial charge on any atom is -0.488 e. The third kappa shape index (κ3) is 6.53. The van der Waals surface area contributed by atoms with Crippen molar-refractivity contribution in [3.8, 4) is 17.1 Å². The number of hydrogen-bond acceptors (Lipinski definition) is 8. The van der Waals surface area contributed by atoms with Gasteiger partial charge in [0, 0.05) is 42.6 Å². The van der Waals surface area contributed by atoms with Crippen molar-refractivity contribution in [3.63, 3.8) is 0 Å². The molecule has 0 saturated carbocycles. The Bertz CT molecular complexity index is 1320. The number of morpholine rings is 1. The molecule has 3 amide bonds. The van der Waals surface area contributed by atoms with E-state index in [1.54, 1.807) is 55.5 Å². The van der Waals surface area contributed by atoms with Crippen molar-refractivity contribution in [1.29, 1.82) is 0 Å². The maximum Gasteiger partial charge on any atom is 0.358 e. The molecule has 4 rings (SSSR count). The summed E-state index contributed by atoms with van der Waals surface area (Å²) in [5.74, 6) is -0.679. The van der Waals surface area contributed by atoms with E-state index < -0.39 is 12.0 Å². The molecule has 1 aliphatic rings. The van der Waals surface area contributed by atoms with Crippen LogP contribution in [0.25, 0.3) is 11.4 Å². The van der Waals surface area contributed by atoms with E-state index in [1.807, 2.05) is 4.90 Å². The van der Waals surface area contributed by atoms with E-state index in [2.05, 4.69) is 25.9 Å². The van der Waals surface area contributed by atoms with Gasteiger partial charge in [-0.1, -0.05) is 6.07 Å². The van der Waals surface area contributed by atoms with Crippen molar-refractivity contribution < 1.29 is 29.0 Å². The van der Waals surface area contributed by atoms with Gasteiger partial charge in [0.15, 0.2) is 23.1 Å². The SMILES string of the molecule is CCOc1c(C(=O)O)nc(-c2ccc(NC(=O)Nc3cccc(NC(C)=O)c3)cc2)nc1N1CCOCC1. The lowest BCUT2D eigenvalue weighted by Crippen LogP contribution is -2.37. The highest BCUT2D eigenvalue weighted by Crippen LogP contribution is 2.33. The second kappa shape index (κ2) is 12.0. The number of nitrogens with zero attached hydrogens (tertiary/aromatic N) is 3. The standard InChI is InChI=1S/C26H28N6O6/c1-3-38-22-21(25(34)35)30-23(31-24(22)32-11-13-37-14-12-32)17-7-9-18(10-8-17)28-26(36)29-20-6-4-5-19(15-20)27-16(2)33/h4-10,15H,3,11-14H2,1-2H3,(H,27,33)(H,34,35)(H2,28,29,36). The summed E-state index contributed by atoms with van der Waals surface area (Å²) in [6.45, 7) is 5.51. The van der Waals surface area contributed by atoms with Crippen molar-refractivity contribution in [2.45, 2.75) is 13.8 Å². The minimum atomic E-state index is -1.22. The molecule has 12 heteroatoms. The minimum absolute atomic E-state index is 0.128. The smallest absolute Gasteiger partial charge is 0.358 e. The highest BCUT2D eigenvalue weighted by atomic mass is 16.5. The van der Waals surface area contributed by atoms with Crippen LogP contribution in [0.1, 0.15) is 24.3 Å². The van der Waals surface area contributed by atoms with E-state index in [0.717, 1.165) is 0 Å². The summed E-state index contributed by atoms with van der Waals surface area (Å²) in [6, 6.07) is 13.0. The number of nitrogens with one attached hydrogen (secondary N) is 3. The number of carboxylic acid groups (broad SMARTS) is 1. The first-order valence-corrected chi connectivity index (χ1v) is 12.0. The molecular formula is C26H28N6O6. The van der Waals surface area contributed by atoms with Crippen molar-refractivity contribution >= 4 is 40.8 Å². The van der Waals surface area contributed by atoms with Crippen molar-refractivity contribution in [2.75, 3.05) is 53.8 Å². The van der Waals surface area contributed by atoms with Crippen LogP contribution in [0.5, 0.6) is 5.75 Å². The number of carboxylic acids is 1. The molecule has 0 radical (unpaired) electrons. The highest BCUT2D eigenvalue weighted by molar-refractivity contribution is 6.00. The van der Waals surface area contributed by atoms with Crippen LogP contribution in [-0.4, -0.2) is 65.9 Å². The van der Waals surface area contributed by atoms with Crippen LogP contribution in [0.3, 0.4) is 0 Å². The Hall–Kier alpha value is -4.71. The monoisotopic (exact) mass is 520 g/mol. The Labute approximate surface area is 219 Å². The molecular weight excluding hydrogens is 492 g/mol. The number of carbonyl (C=O) groups excluding carboxylic acids is 2.